The van der Waals surface area contributed by atoms with Gasteiger partial charge in [0.05, 0.1) is 17.7 Å². The molecule has 0 radical (unpaired) electrons. The van der Waals surface area contributed by atoms with Crippen molar-refractivity contribution in [3.63, 3.8) is 0 Å². The van der Waals surface area contributed by atoms with Crippen molar-refractivity contribution in [1.29, 1.82) is 0 Å². The maximum atomic E-state index is 12.8. The van der Waals surface area contributed by atoms with E-state index in [-0.39, 0.29) is 19.0 Å². The van der Waals surface area contributed by atoms with Crippen LogP contribution in [0.1, 0.15) is 15.9 Å². The highest BCUT2D eigenvalue weighted by atomic mass is 19.4. The van der Waals surface area contributed by atoms with Gasteiger partial charge in [-0.15, -0.1) is 0 Å². The summed E-state index contributed by atoms with van der Waals surface area (Å²) in [5.74, 6) is -2.53. The first-order valence-corrected chi connectivity index (χ1v) is 6.68. The topological polar surface area (TPSA) is 84.9 Å². The van der Waals surface area contributed by atoms with Crippen LogP contribution in [0.5, 0.6) is 5.75 Å². The molecule has 0 aromatic heterocycles. The summed E-state index contributed by atoms with van der Waals surface area (Å²) >= 11 is 0. The van der Waals surface area contributed by atoms with Gasteiger partial charge in [0.15, 0.2) is 6.04 Å². The molecule has 1 atom stereocenters. The first-order valence-electron chi connectivity index (χ1n) is 6.68. The highest BCUT2D eigenvalue weighted by Crippen LogP contribution is 2.32. The number of benzene rings is 1. The van der Waals surface area contributed by atoms with Crippen LogP contribution in [0.25, 0.3) is 0 Å². The Balaban J connectivity index is 3.17. The van der Waals surface area contributed by atoms with Crippen LogP contribution in [0.15, 0.2) is 30.9 Å². The fourth-order valence-corrected chi connectivity index (χ4v) is 1.74. The Bertz CT molecular complexity index is 616. The largest absolute Gasteiger partial charge is 0.489 e. The molecule has 0 aliphatic heterocycles. The van der Waals surface area contributed by atoms with Crippen molar-refractivity contribution in [3.8, 4) is 5.75 Å². The van der Waals surface area contributed by atoms with Crippen molar-refractivity contribution in [3.05, 3.63) is 42.0 Å². The van der Waals surface area contributed by atoms with Gasteiger partial charge in [-0.3, -0.25) is 4.79 Å². The maximum absolute atomic E-state index is 12.8. The van der Waals surface area contributed by atoms with E-state index in [0.29, 0.717) is 6.07 Å². The van der Waals surface area contributed by atoms with Crippen LogP contribution in [0.3, 0.4) is 0 Å². The summed E-state index contributed by atoms with van der Waals surface area (Å²) in [5.41, 5.74) is -1.49. The normalized spacial score (nSPS) is 12.3. The zero-order chi connectivity index (χ0) is 18.3. The molecule has 24 heavy (non-hydrogen) atoms. The van der Waals surface area contributed by atoms with E-state index in [4.69, 9.17) is 9.84 Å². The molecular weight excluding hydrogens is 331 g/mol. The third kappa shape index (κ3) is 5.27. The maximum Gasteiger partial charge on any atom is 0.416 e. The molecule has 1 amide bonds. The van der Waals surface area contributed by atoms with Crippen LogP contribution in [0, 0.1) is 0 Å². The molecule has 0 saturated heterocycles. The van der Waals surface area contributed by atoms with Gasteiger partial charge >= 0.3 is 12.1 Å². The van der Waals surface area contributed by atoms with Gasteiger partial charge in [-0.25, -0.2) is 4.79 Å². The van der Waals surface area contributed by atoms with E-state index in [1.165, 1.54) is 13.2 Å². The fourth-order valence-electron chi connectivity index (χ4n) is 1.74. The van der Waals surface area contributed by atoms with Crippen LogP contribution >= 0.6 is 0 Å². The smallest absolute Gasteiger partial charge is 0.416 e. The first kappa shape index (κ1) is 19.5. The first-order chi connectivity index (χ1) is 11.2. The number of rotatable bonds is 8. The van der Waals surface area contributed by atoms with Gasteiger partial charge in [0.2, 0.25) is 0 Å². The predicted octanol–water partition coefficient (Wildman–Crippen LogP) is 2.10. The van der Waals surface area contributed by atoms with Crippen molar-refractivity contribution < 1.29 is 37.3 Å². The van der Waals surface area contributed by atoms with Crippen LogP contribution in [0.2, 0.25) is 0 Å². The summed E-state index contributed by atoms with van der Waals surface area (Å²) in [6.07, 6.45) is -3.31. The number of aliphatic carboxylic acids is 1. The molecule has 1 rings (SSSR count). The Morgan fingerprint density at radius 3 is 2.58 bits per heavy atom. The second kappa shape index (κ2) is 8.34. The zero-order valence-corrected chi connectivity index (χ0v) is 12.7. The lowest BCUT2D eigenvalue weighted by atomic mass is 10.1. The van der Waals surface area contributed by atoms with Gasteiger partial charge in [-0.1, -0.05) is 12.7 Å². The van der Waals surface area contributed by atoms with Gasteiger partial charge in [0, 0.05) is 7.11 Å². The Hall–Kier alpha value is -2.55. The SMILES string of the molecule is C=CCOc1ccc(C(F)(F)F)cc1C(=O)NC(COC)C(=O)O. The molecule has 1 aromatic rings. The number of carbonyl (C=O) groups excluding carboxylic acids is 1. The fraction of sp³-hybridized carbons (Fsp3) is 0.333. The van der Waals surface area contributed by atoms with Gasteiger partial charge < -0.3 is 19.9 Å². The summed E-state index contributed by atoms with van der Waals surface area (Å²) in [6.45, 7) is 3.02. The van der Waals surface area contributed by atoms with Gasteiger partial charge in [0.25, 0.3) is 5.91 Å². The lowest BCUT2D eigenvalue weighted by Crippen LogP contribution is -2.44. The summed E-state index contributed by atoms with van der Waals surface area (Å²) in [7, 11) is 1.23. The minimum Gasteiger partial charge on any atom is -0.489 e. The minimum atomic E-state index is -4.66. The quantitative estimate of drug-likeness (QED) is 0.704. The highest BCUT2D eigenvalue weighted by molar-refractivity contribution is 5.99. The van der Waals surface area contributed by atoms with E-state index in [2.05, 4.69) is 16.6 Å². The number of ether oxygens (including phenoxy) is 2. The molecule has 2 N–H and O–H groups in total. The van der Waals surface area contributed by atoms with Crippen molar-refractivity contribution in [1.82, 2.24) is 5.32 Å². The molecule has 0 saturated carbocycles. The molecule has 132 valence electrons. The van der Waals surface area contributed by atoms with Crippen LogP contribution in [-0.4, -0.2) is 43.3 Å². The van der Waals surface area contributed by atoms with Gasteiger partial charge in [-0.2, -0.15) is 13.2 Å². The summed E-state index contributed by atoms with van der Waals surface area (Å²) in [4.78, 5) is 23.2. The molecule has 6 nitrogen and oxygen atoms in total. The Morgan fingerprint density at radius 2 is 2.08 bits per heavy atom. The van der Waals surface area contributed by atoms with Crippen molar-refractivity contribution in [2.45, 2.75) is 12.2 Å². The number of alkyl halides is 3. The minimum absolute atomic E-state index is 0.0356. The summed E-state index contributed by atoms with van der Waals surface area (Å²) in [6, 6.07) is 0.940. The number of halogens is 3. The zero-order valence-electron chi connectivity index (χ0n) is 12.7. The third-order valence-electron chi connectivity index (χ3n) is 2.84. The molecule has 1 aromatic carbocycles. The number of hydrogen-bond acceptors (Lipinski definition) is 4. The van der Waals surface area contributed by atoms with E-state index >= 15 is 0 Å². The lowest BCUT2D eigenvalue weighted by molar-refractivity contribution is -0.140. The molecule has 0 aliphatic carbocycles. The van der Waals surface area contributed by atoms with Crippen molar-refractivity contribution in [2.75, 3.05) is 20.3 Å². The number of carbonyl (C=O) groups is 2. The van der Waals surface area contributed by atoms with E-state index in [0.717, 1.165) is 12.1 Å². The average Bonchev–Trinajstić information content (AvgIpc) is 2.51. The van der Waals surface area contributed by atoms with Crippen LogP contribution in [0.4, 0.5) is 13.2 Å². The second-order valence-electron chi connectivity index (χ2n) is 4.63. The summed E-state index contributed by atoms with van der Waals surface area (Å²) < 4.78 is 48.3. The number of methoxy groups -OCH3 is 1. The van der Waals surface area contributed by atoms with E-state index in [1.807, 2.05) is 0 Å². The number of carboxylic acids is 1. The third-order valence-corrected chi connectivity index (χ3v) is 2.84. The Kier molecular flexibility index (Phi) is 6.78. The number of amides is 1. The van der Waals surface area contributed by atoms with Crippen molar-refractivity contribution in [2.24, 2.45) is 0 Å². The Labute approximate surface area is 135 Å². The molecule has 0 fully saturated rings. The van der Waals surface area contributed by atoms with Crippen molar-refractivity contribution >= 4 is 11.9 Å². The lowest BCUT2D eigenvalue weighted by Gasteiger charge is -2.17. The van der Waals surface area contributed by atoms with E-state index in [1.54, 1.807) is 0 Å². The summed E-state index contributed by atoms with van der Waals surface area (Å²) in [5, 5.41) is 11.1. The van der Waals surface area contributed by atoms with E-state index < -0.39 is 35.2 Å². The molecule has 1 unspecified atom stereocenters. The predicted molar refractivity (Wildman–Crippen MR) is 77.9 cm³/mol. The molecule has 0 heterocycles. The number of carboxylic acid groups (broad SMARTS) is 1. The standard InChI is InChI=1S/C15H16F3NO5/c1-3-6-24-12-5-4-9(15(16,17)18)7-10(12)13(20)19-11(8-23-2)14(21)22/h3-5,7,11H,1,6,8H2,2H3,(H,19,20)(H,21,22). The van der Waals surface area contributed by atoms with Crippen LogP contribution in [-0.2, 0) is 15.7 Å². The highest BCUT2D eigenvalue weighted by Gasteiger charge is 2.32. The van der Waals surface area contributed by atoms with E-state index in [9.17, 15) is 22.8 Å². The van der Waals surface area contributed by atoms with Gasteiger partial charge in [-0.05, 0) is 18.2 Å². The molecule has 0 spiro atoms. The number of nitrogens with one attached hydrogen (secondary N) is 1. The molecular formula is C15H16F3NO5. The average molecular weight is 347 g/mol. The monoisotopic (exact) mass is 347 g/mol. The molecule has 9 heteroatoms. The second-order valence-corrected chi connectivity index (χ2v) is 4.63. The van der Waals surface area contributed by atoms with Crippen LogP contribution < -0.4 is 10.1 Å². The number of hydrogen-bond donors (Lipinski definition) is 2. The molecule has 0 bridgehead atoms. The van der Waals surface area contributed by atoms with Gasteiger partial charge in [0.1, 0.15) is 12.4 Å². The Morgan fingerprint density at radius 1 is 1.42 bits per heavy atom. The molecule has 0 aliphatic rings.